The number of hydrogen-bond donors (Lipinski definition) is 1. The molecule has 0 radical (unpaired) electrons. The van der Waals surface area contributed by atoms with Crippen molar-refractivity contribution in [3.05, 3.63) is 120 Å². The number of rotatable bonds is 7. The quantitative estimate of drug-likeness (QED) is 0.231. The highest BCUT2D eigenvalue weighted by Crippen LogP contribution is 2.41. The number of amides is 1. The van der Waals surface area contributed by atoms with Gasteiger partial charge in [-0.05, 0) is 71.6 Å². The third-order valence-electron chi connectivity index (χ3n) is 7.19. The second kappa shape index (κ2) is 9.75. The molecule has 5 heteroatoms. The van der Waals surface area contributed by atoms with Gasteiger partial charge < -0.3 is 9.73 Å². The van der Waals surface area contributed by atoms with E-state index < -0.39 is 0 Å². The molecule has 1 heterocycles. The number of carbonyl (C=O) groups is 2. The van der Waals surface area contributed by atoms with Crippen molar-refractivity contribution < 1.29 is 18.4 Å². The highest BCUT2D eigenvalue weighted by Gasteiger charge is 2.39. The first-order valence-corrected chi connectivity index (χ1v) is 12.8. The molecule has 4 nitrogen and oxygen atoms in total. The van der Waals surface area contributed by atoms with Crippen LogP contribution in [-0.2, 0) is 0 Å². The monoisotopic (exact) mass is 503 g/mol. The zero-order valence-corrected chi connectivity index (χ0v) is 20.9. The van der Waals surface area contributed by atoms with Crippen LogP contribution in [-0.4, -0.2) is 17.7 Å². The van der Waals surface area contributed by atoms with Crippen molar-refractivity contribution in [2.45, 2.75) is 31.7 Å². The molecule has 1 aromatic heterocycles. The summed E-state index contributed by atoms with van der Waals surface area (Å²) in [6.45, 7) is 1.81. The van der Waals surface area contributed by atoms with Crippen molar-refractivity contribution in [3.8, 4) is 22.5 Å². The van der Waals surface area contributed by atoms with Crippen LogP contribution in [0.3, 0.4) is 0 Å². The van der Waals surface area contributed by atoms with Gasteiger partial charge in [-0.2, -0.15) is 0 Å². The highest BCUT2D eigenvalue weighted by atomic mass is 19.1. The number of carbonyl (C=O) groups excluding carboxylic acids is 2. The molecule has 0 spiro atoms. The number of halogens is 1. The summed E-state index contributed by atoms with van der Waals surface area (Å²) >= 11 is 0. The average molecular weight is 504 g/mol. The first kappa shape index (κ1) is 23.9. The van der Waals surface area contributed by atoms with Crippen LogP contribution in [0.25, 0.3) is 33.4 Å². The number of fused-ring (bicyclic) bond motifs is 1. The SMILES string of the molecule is CCC(=O)c1c(-c2ccc(F)cc2)oc2ccc(-c3cccc(C(=O)N[C@H]4C[C@@H]4c4ccccc4)c3)cc12. The van der Waals surface area contributed by atoms with Crippen LogP contribution < -0.4 is 5.32 Å². The Balaban J connectivity index is 1.30. The van der Waals surface area contributed by atoms with Gasteiger partial charge in [0.1, 0.15) is 17.2 Å². The van der Waals surface area contributed by atoms with Crippen LogP contribution in [0.5, 0.6) is 0 Å². The number of ketones is 1. The Morgan fingerprint density at radius 2 is 1.61 bits per heavy atom. The fourth-order valence-electron chi connectivity index (χ4n) is 5.05. The van der Waals surface area contributed by atoms with Crippen molar-refractivity contribution in [1.29, 1.82) is 0 Å². The molecule has 0 bridgehead atoms. The lowest BCUT2D eigenvalue weighted by Gasteiger charge is -2.08. The van der Waals surface area contributed by atoms with E-state index in [2.05, 4.69) is 17.4 Å². The molecule has 38 heavy (non-hydrogen) atoms. The molecular formula is C33H26FNO3. The Bertz CT molecular complexity index is 1650. The van der Waals surface area contributed by atoms with E-state index in [0.717, 1.165) is 17.5 Å². The second-order valence-electron chi connectivity index (χ2n) is 9.71. The summed E-state index contributed by atoms with van der Waals surface area (Å²) in [5, 5.41) is 3.86. The lowest BCUT2D eigenvalue weighted by atomic mass is 9.97. The number of benzene rings is 4. The van der Waals surface area contributed by atoms with Gasteiger partial charge in [0.05, 0.1) is 5.56 Å². The lowest BCUT2D eigenvalue weighted by Crippen LogP contribution is -2.26. The topological polar surface area (TPSA) is 59.3 Å². The van der Waals surface area contributed by atoms with Crippen molar-refractivity contribution in [2.75, 3.05) is 0 Å². The van der Waals surface area contributed by atoms with Gasteiger partial charge in [-0.1, -0.05) is 55.5 Å². The lowest BCUT2D eigenvalue weighted by molar-refractivity contribution is 0.0948. The van der Waals surface area contributed by atoms with Gasteiger partial charge in [-0.25, -0.2) is 4.39 Å². The van der Waals surface area contributed by atoms with Gasteiger partial charge in [-0.3, -0.25) is 9.59 Å². The Kier molecular flexibility index (Phi) is 6.12. The van der Waals surface area contributed by atoms with Crippen LogP contribution in [0.15, 0.2) is 101 Å². The number of Topliss-reactive ketones (excluding diaryl/α,β-unsaturated/α-hetero) is 1. The molecule has 0 saturated heterocycles. The van der Waals surface area contributed by atoms with Gasteiger partial charge in [0.15, 0.2) is 5.78 Å². The summed E-state index contributed by atoms with van der Waals surface area (Å²) < 4.78 is 19.6. The first-order valence-electron chi connectivity index (χ1n) is 12.8. The minimum atomic E-state index is -0.350. The van der Waals surface area contributed by atoms with Crippen molar-refractivity contribution >= 4 is 22.7 Å². The molecular weight excluding hydrogens is 477 g/mol. The maximum Gasteiger partial charge on any atom is 0.251 e. The summed E-state index contributed by atoms with van der Waals surface area (Å²) in [7, 11) is 0. The van der Waals surface area contributed by atoms with Gasteiger partial charge in [-0.15, -0.1) is 0 Å². The Hall–Kier alpha value is -4.51. The summed E-state index contributed by atoms with van der Waals surface area (Å²) in [5.74, 6) is 0.300. The number of furan rings is 1. The third-order valence-corrected chi connectivity index (χ3v) is 7.19. The van der Waals surface area contributed by atoms with Crippen molar-refractivity contribution in [1.82, 2.24) is 5.32 Å². The van der Waals surface area contributed by atoms with E-state index in [0.29, 0.717) is 45.8 Å². The van der Waals surface area contributed by atoms with E-state index >= 15 is 0 Å². The van der Waals surface area contributed by atoms with E-state index in [-0.39, 0.29) is 23.5 Å². The molecule has 1 N–H and O–H groups in total. The molecule has 1 saturated carbocycles. The van der Waals surface area contributed by atoms with Crippen LogP contribution in [0.1, 0.15) is 52.0 Å². The minimum absolute atomic E-state index is 0.0502. The molecule has 188 valence electrons. The summed E-state index contributed by atoms with van der Waals surface area (Å²) in [5.41, 5.74) is 5.30. The summed E-state index contributed by atoms with van der Waals surface area (Å²) in [6.07, 6.45) is 1.26. The molecule has 5 aromatic rings. The van der Waals surface area contributed by atoms with Crippen LogP contribution >= 0.6 is 0 Å². The predicted molar refractivity (Wildman–Crippen MR) is 147 cm³/mol. The van der Waals surface area contributed by atoms with Gasteiger partial charge in [0, 0.05) is 34.9 Å². The smallest absolute Gasteiger partial charge is 0.251 e. The molecule has 1 amide bonds. The van der Waals surface area contributed by atoms with E-state index in [4.69, 9.17) is 4.42 Å². The van der Waals surface area contributed by atoms with E-state index in [1.54, 1.807) is 12.1 Å². The zero-order chi connectivity index (χ0) is 26.2. The molecule has 1 aliphatic rings. The van der Waals surface area contributed by atoms with E-state index in [9.17, 15) is 14.0 Å². The predicted octanol–water partition coefficient (Wildman–Crippen LogP) is 7.78. The van der Waals surface area contributed by atoms with Gasteiger partial charge in [0.2, 0.25) is 0 Å². The Morgan fingerprint density at radius 1 is 0.868 bits per heavy atom. The normalized spacial score (nSPS) is 16.4. The molecule has 1 aliphatic carbocycles. The molecule has 1 fully saturated rings. The van der Waals surface area contributed by atoms with Crippen LogP contribution in [0.4, 0.5) is 4.39 Å². The fraction of sp³-hybridized carbons (Fsp3) is 0.152. The van der Waals surface area contributed by atoms with Gasteiger partial charge in [0.25, 0.3) is 5.91 Å². The molecule has 4 aromatic carbocycles. The number of hydrogen-bond acceptors (Lipinski definition) is 3. The minimum Gasteiger partial charge on any atom is -0.455 e. The highest BCUT2D eigenvalue weighted by molar-refractivity contribution is 6.12. The van der Waals surface area contributed by atoms with E-state index in [1.165, 1.54) is 17.7 Å². The van der Waals surface area contributed by atoms with Crippen molar-refractivity contribution in [3.63, 3.8) is 0 Å². The standard InChI is InChI=1S/C33H26FNO3/c1-2-29(36)31-27-18-23(13-16-30(27)38-32(31)21-11-14-25(34)15-12-21)22-9-6-10-24(17-22)33(37)35-28-19-26(28)20-7-4-3-5-8-20/h3-18,26,28H,2,19H2,1H3,(H,35,37)/t26-,28+/m1/s1. The molecule has 0 unspecified atom stereocenters. The molecule has 6 rings (SSSR count). The first-order chi connectivity index (χ1) is 18.5. The Labute approximate surface area is 220 Å². The van der Waals surface area contributed by atoms with E-state index in [1.807, 2.05) is 67.6 Å². The second-order valence-corrected chi connectivity index (χ2v) is 9.71. The van der Waals surface area contributed by atoms with Crippen LogP contribution in [0.2, 0.25) is 0 Å². The van der Waals surface area contributed by atoms with Crippen molar-refractivity contribution in [2.24, 2.45) is 0 Å². The average Bonchev–Trinajstić information content (AvgIpc) is 3.62. The Morgan fingerprint density at radius 3 is 2.37 bits per heavy atom. The molecule has 2 atom stereocenters. The third kappa shape index (κ3) is 4.52. The maximum atomic E-state index is 13.5. The molecule has 0 aliphatic heterocycles. The largest absolute Gasteiger partial charge is 0.455 e. The zero-order valence-electron chi connectivity index (χ0n) is 20.9. The number of nitrogens with one attached hydrogen (secondary N) is 1. The summed E-state index contributed by atoms with van der Waals surface area (Å²) in [4.78, 5) is 26.0. The maximum absolute atomic E-state index is 13.5. The fourth-order valence-corrected chi connectivity index (χ4v) is 5.05. The van der Waals surface area contributed by atoms with Crippen LogP contribution in [0, 0.1) is 5.82 Å². The summed E-state index contributed by atoms with van der Waals surface area (Å²) in [6, 6.07) is 29.5. The van der Waals surface area contributed by atoms with Gasteiger partial charge >= 0.3 is 0 Å².